The van der Waals surface area contributed by atoms with Crippen LogP contribution in [-0.4, -0.2) is 98.7 Å². The maximum atomic E-state index is 13.1. The van der Waals surface area contributed by atoms with E-state index < -0.39 is 61.5 Å². The second-order valence-corrected chi connectivity index (χ2v) is 18.1. The Kier molecular flexibility index (Phi) is 40.1. The Morgan fingerprint density at radius 3 is 1.38 bits per heavy atom. The van der Waals surface area contributed by atoms with Crippen molar-refractivity contribution >= 4 is 5.91 Å². The van der Waals surface area contributed by atoms with Crippen LogP contribution in [0.15, 0.2) is 48.6 Å². The third-order valence-electron chi connectivity index (χ3n) is 12.2. The van der Waals surface area contributed by atoms with Crippen LogP contribution in [-0.2, 0) is 14.3 Å². The first-order valence-corrected chi connectivity index (χ1v) is 26.0. The van der Waals surface area contributed by atoms with E-state index in [0.29, 0.717) is 19.3 Å². The van der Waals surface area contributed by atoms with E-state index in [1.807, 2.05) is 6.08 Å². The minimum atomic E-state index is -1.62. The Balaban J connectivity index is 2.34. The summed E-state index contributed by atoms with van der Waals surface area (Å²) >= 11 is 0. The van der Waals surface area contributed by atoms with Crippen molar-refractivity contribution in [3.8, 4) is 0 Å². The Hall–Kier alpha value is -1.89. The van der Waals surface area contributed by atoms with E-state index in [2.05, 4.69) is 55.6 Å². The first-order valence-electron chi connectivity index (χ1n) is 26.0. The van der Waals surface area contributed by atoms with Crippen LogP contribution < -0.4 is 5.32 Å². The van der Waals surface area contributed by atoms with Crippen molar-refractivity contribution < 1.29 is 44.9 Å². The van der Waals surface area contributed by atoms with Crippen molar-refractivity contribution in [2.75, 3.05) is 13.2 Å². The summed E-state index contributed by atoms with van der Waals surface area (Å²) in [6.45, 7) is 3.58. The molecule has 1 rings (SSSR count). The molecule has 63 heavy (non-hydrogen) atoms. The number of allylic oxidation sites excluding steroid dienone is 7. The quantitative estimate of drug-likeness (QED) is 0.0233. The molecule has 10 heteroatoms. The van der Waals surface area contributed by atoms with Crippen molar-refractivity contribution in [2.45, 2.75) is 268 Å². The highest BCUT2D eigenvalue weighted by atomic mass is 16.7. The summed E-state index contributed by atoms with van der Waals surface area (Å²) in [5, 5.41) is 64.8. The van der Waals surface area contributed by atoms with Gasteiger partial charge in [-0.2, -0.15) is 0 Å². The summed E-state index contributed by atoms with van der Waals surface area (Å²) in [6.07, 6.45) is 44.9. The second-order valence-electron chi connectivity index (χ2n) is 18.1. The van der Waals surface area contributed by atoms with E-state index in [1.165, 1.54) is 135 Å². The van der Waals surface area contributed by atoms with Crippen molar-refractivity contribution in [3.63, 3.8) is 0 Å². The molecule has 8 unspecified atom stereocenters. The molecule has 0 aromatic carbocycles. The standard InChI is InChI=1S/C53H97NO9/c1-3-5-7-9-11-13-15-17-19-20-21-22-23-24-25-26-28-30-32-34-36-38-40-42-47(57)52(61)54-45(44-62-53-51(60)50(59)49(58)48(43-55)63-53)46(56)41-39-37-35-33-31-29-27-18-16-14-12-10-8-6-4-2/h16,18,24-25,31,33,39,41,45-51,53,55-60H,3-15,17,19-23,26-30,32,34-38,40,42-44H2,1-2H3,(H,54,61)/b18-16+,25-24-,33-31+,41-39+. The first-order chi connectivity index (χ1) is 30.8. The predicted octanol–water partition coefficient (Wildman–Crippen LogP) is 10.8. The van der Waals surface area contributed by atoms with Gasteiger partial charge >= 0.3 is 0 Å². The molecule has 1 aliphatic rings. The number of ether oxygens (including phenoxy) is 2. The molecule has 0 aromatic heterocycles. The molecular weight excluding hydrogens is 795 g/mol. The summed E-state index contributed by atoms with van der Waals surface area (Å²) in [5.41, 5.74) is 0. The minimum Gasteiger partial charge on any atom is -0.394 e. The van der Waals surface area contributed by atoms with Crippen LogP contribution in [0.1, 0.15) is 219 Å². The van der Waals surface area contributed by atoms with Crippen molar-refractivity contribution in [1.29, 1.82) is 0 Å². The van der Waals surface area contributed by atoms with Crippen LogP contribution >= 0.6 is 0 Å². The molecule has 8 atom stereocenters. The lowest BCUT2D eigenvalue weighted by molar-refractivity contribution is -0.302. The zero-order chi connectivity index (χ0) is 46.0. The van der Waals surface area contributed by atoms with E-state index in [0.717, 1.165) is 51.4 Å². The second kappa shape index (κ2) is 42.7. The van der Waals surface area contributed by atoms with Crippen LogP contribution in [0.3, 0.4) is 0 Å². The number of aliphatic hydroxyl groups is 6. The van der Waals surface area contributed by atoms with E-state index >= 15 is 0 Å². The van der Waals surface area contributed by atoms with E-state index in [9.17, 15) is 35.4 Å². The zero-order valence-electron chi connectivity index (χ0n) is 40.2. The van der Waals surface area contributed by atoms with Crippen molar-refractivity contribution in [2.24, 2.45) is 0 Å². The van der Waals surface area contributed by atoms with E-state index in [4.69, 9.17) is 9.47 Å². The summed E-state index contributed by atoms with van der Waals surface area (Å²) < 4.78 is 11.1. The molecule has 1 aliphatic heterocycles. The van der Waals surface area contributed by atoms with Crippen LogP contribution in [0.2, 0.25) is 0 Å². The molecule has 368 valence electrons. The van der Waals surface area contributed by atoms with Crippen LogP contribution in [0.5, 0.6) is 0 Å². The predicted molar refractivity (Wildman–Crippen MR) is 259 cm³/mol. The van der Waals surface area contributed by atoms with Crippen LogP contribution in [0.4, 0.5) is 0 Å². The number of carbonyl (C=O) groups excluding carboxylic acids is 1. The van der Waals surface area contributed by atoms with Gasteiger partial charge in [0.05, 0.1) is 25.4 Å². The van der Waals surface area contributed by atoms with Gasteiger partial charge in [-0.05, 0) is 70.6 Å². The average Bonchev–Trinajstić information content (AvgIpc) is 3.28. The molecule has 10 nitrogen and oxygen atoms in total. The molecule has 1 heterocycles. The van der Waals surface area contributed by atoms with E-state index in [-0.39, 0.29) is 6.61 Å². The largest absolute Gasteiger partial charge is 0.394 e. The number of hydrogen-bond acceptors (Lipinski definition) is 9. The van der Waals surface area contributed by atoms with Crippen LogP contribution in [0, 0.1) is 0 Å². The molecule has 0 bridgehead atoms. The molecule has 0 spiro atoms. The number of hydrogen-bond donors (Lipinski definition) is 7. The lowest BCUT2D eigenvalue weighted by Crippen LogP contribution is -2.60. The first kappa shape index (κ1) is 59.1. The molecule has 0 aromatic rings. The van der Waals surface area contributed by atoms with Crippen molar-refractivity contribution in [1.82, 2.24) is 5.32 Å². The van der Waals surface area contributed by atoms with Gasteiger partial charge in [-0.1, -0.05) is 197 Å². The molecule has 0 aliphatic carbocycles. The lowest BCUT2D eigenvalue weighted by atomic mass is 9.99. The van der Waals surface area contributed by atoms with Gasteiger partial charge in [0.25, 0.3) is 0 Å². The summed E-state index contributed by atoms with van der Waals surface area (Å²) in [6, 6.07) is -1.01. The Bertz CT molecular complexity index is 1140. The van der Waals surface area contributed by atoms with Gasteiger partial charge in [0.15, 0.2) is 6.29 Å². The van der Waals surface area contributed by atoms with Gasteiger partial charge in [0.1, 0.15) is 30.5 Å². The zero-order valence-corrected chi connectivity index (χ0v) is 40.2. The highest BCUT2D eigenvalue weighted by Crippen LogP contribution is 2.23. The minimum absolute atomic E-state index is 0.295. The maximum absolute atomic E-state index is 13.1. The fraction of sp³-hybridized carbons (Fsp3) is 0.830. The topological polar surface area (TPSA) is 169 Å². The maximum Gasteiger partial charge on any atom is 0.249 e. The number of unbranched alkanes of at least 4 members (excludes halogenated alkanes) is 26. The lowest BCUT2D eigenvalue weighted by Gasteiger charge is -2.40. The fourth-order valence-electron chi connectivity index (χ4n) is 7.95. The van der Waals surface area contributed by atoms with Gasteiger partial charge in [0, 0.05) is 0 Å². The Morgan fingerprint density at radius 1 is 0.540 bits per heavy atom. The molecule has 7 N–H and O–H groups in total. The highest BCUT2D eigenvalue weighted by Gasteiger charge is 2.44. The average molecular weight is 892 g/mol. The molecule has 1 saturated heterocycles. The fourth-order valence-corrected chi connectivity index (χ4v) is 7.95. The normalized spacial score (nSPS) is 21.0. The van der Waals surface area contributed by atoms with Crippen LogP contribution in [0.25, 0.3) is 0 Å². The Morgan fingerprint density at radius 2 is 0.937 bits per heavy atom. The molecular formula is C53H97NO9. The Labute approximate surface area is 385 Å². The third kappa shape index (κ3) is 32.4. The van der Waals surface area contributed by atoms with Gasteiger partial charge in [0.2, 0.25) is 5.91 Å². The third-order valence-corrected chi connectivity index (χ3v) is 12.2. The van der Waals surface area contributed by atoms with Gasteiger partial charge in [-0.25, -0.2) is 0 Å². The molecule has 0 saturated carbocycles. The number of amides is 1. The number of carbonyl (C=O) groups is 1. The number of nitrogens with one attached hydrogen (secondary N) is 1. The van der Waals surface area contributed by atoms with Gasteiger partial charge in [-0.3, -0.25) is 4.79 Å². The highest BCUT2D eigenvalue weighted by molar-refractivity contribution is 5.80. The smallest absolute Gasteiger partial charge is 0.249 e. The van der Waals surface area contributed by atoms with Gasteiger partial charge < -0.3 is 45.4 Å². The van der Waals surface area contributed by atoms with E-state index in [1.54, 1.807) is 6.08 Å². The number of rotatable bonds is 43. The molecule has 0 radical (unpaired) electrons. The monoisotopic (exact) mass is 892 g/mol. The summed E-state index contributed by atoms with van der Waals surface area (Å²) in [5.74, 6) is -0.634. The molecule has 1 fully saturated rings. The SMILES string of the molecule is CCCCCCC/C=C/CC/C=C/CC/C=C/C(O)C(COC1OC(CO)C(O)C(O)C1O)NC(=O)C(O)CCCCCCCCC/C=C\CCCCCCCCCCCCCC. The van der Waals surface area contributed by atoms with Gasteiger partial charge in [-0.15, -0.1) is 0 Å². The summed E-state index contributed by atoms with van der Waals surface area (Å²) in [7, 11) is 0. The van der Waals surface area contributed by atoms with Crippen molar-refractivity contribution in [3.05, 3.63) is 48.6 Å². The molecule has 1 amide bonds. The number of aliphatic hydroxyl groups excluding tert-OH is 6. The summed E-state index contributed by atoms with van der Waals surface area (Å²) in [4.78, 5) is 13.1.